The second kappa shape index (κ2) is 4.97. The quantitative estimate of drug-likeness (QED) is 0.672. The number of rotatable bonds is 4. The van der Waals surface area contributed by atoms with Crippen LogP contribution in [0.25, 0.3) is 0 Å². The summed E-state index contributed by atoms with van der Waals surface area (Å²) in [7, 11) is 0. The van der Waals surface area contributed by atoms with E-state index in [-0.39, 0.29) is 6.29 Å². The first-order chi connectivity index (χ1) is 6.22. The minimum absolute atomic E-state index is 0.00121. The summed E-state index contributed by atoms with van der Waals surface area (Å²) in [5.74, 6) is 0. The van der Waals surface area contributed by atoms with Crippen molar-refractivity contribution in [2.45, 2.75) is 52.7 Å². The molecular formula is C11H22O2. The van der Waals surface area contributed by atoms with Gasteiger partial charge in [-0.1, -0.05) is 26.7 Å². The van der Waals surface area contributed by atoms with Crippen molar-refractivity contribution in [3.05, 3.63) is 0 Å². The van der Waals surface area contributed by atoms with Crippen molar-refractivity contribution in [2.75, 3.05) is 13.2 Å². The first-order valence-electron chi connectivity index (χ1n) is 5.45. The molecule has 2 nitrogen and oxygen atoms in total. The maximum atomic E-state index is 5.56. The van der Waals surface area contributed by atoms with Crippen molar-refractivity contribution >= 4 is 0 Å². The Balaban J connectivity index is 2.40. The van der Waals surface area contributed by atoms with Crippen molar-refractivity contribution in [3.8, 4) is 0 Å². The van der Waals surface area contributed by atoms with Gasteiger partial charge in [0, 0.05) is 5.41 Å². The van der Waals surface area contributed by atoms with Gasteiger partial charge in [0.25, 0.3) is 0 Å². The van der Waals surface area contributed by atoms with Crippen molar-refractivity contribution in [1.29, 1.82) is 0 Å². The maximum absolute atomic E-state index is 5.56. The van der Waals surface area contributed by atoms with E-state index in [2.05, 4.69) is 13.8 Å². The molecule has 0 aromatic carbocycles. The van der Waals surface area contributed by atoms with Gasteiger partial charge in [0.15, 0.2) is 6.29 Å². The fraction of sp³-hybridized carbons (Fsp3) is 1.00. The number of hydrogen-bond donors (Lipinski definition) is 0. The third kappa shape index (κ3) is 2.96. The van der Waals surface area contributed by atoms with Crippen LogP contribution < -0.4 is 0 Å². The molecule has 0 radical (unpaired) electrons. The summed E-state index contributed by atoms with van der Waals surface area (Å²) in [4.78, 5) is 0. The highest BCUT2D eigenvalue weighted by Gasteiger charge is 2.33. The standard InChI is InChI=1S/C11H22O2/c1-4-6-7-11(5-2)8-12-10(3)13-9-11/h10H,4-9H2,1-3H3. The molecule has 0 spiro atoms. The minimum Gasteiger partial charge on any atom is -0.352 e. The number of ether oxygens (including phenoxy) is 2. The summed E-state index contributed by atoms with van der Waals surface area (Å²) in [6.07, 6.45) is 4.96. The third-order valence-corrected chi connectivity index (χ3v) is 3.06. The summed E-state index contributed by atoms with van der Waals surface area (Å²) in [6, 6.07) is 0. The van der Waals surface area contributed by atoms with E-state index in [4.69, 9.17) is 9.47 Å². The zero-order valence-electron chi connectivity index (χ0n) is 9.14. The van der Waals surface area contributed by atoms with Gasteiger partial charge in [-0.3, -0.25) is 0 Å². The smallest absolute Gasteiger partial charge is 0.154 e. The van der Waals surface area contributed by atoms with Gasteiger partial charge in [-0.15, -0.1) is 0 Å². The molecule has 1 saturated heterocycles. The molecule has 0 bridgehead atoms. The van der Waals surface area contributed by atoms with Crippen LogP contribution >= 0.6 is 0 Å². The second-order valence-electron chi connectivity index (χ2n) is 4.15. The largest absolute Gasteiger partial charge is 0.352 e. The van der Waals surface area contributed by atoms with Crippen molar-refractivity contribution in [1.82, 2.24) is 0 Å². The molecule has 1 fully saturated rings. The monoisotopic (exact) mass is 186 g/mol. The first kappa shape index (κ1) is 11.0. The van der Waals surface area contributed by atoms with Gasteiger partial charge in [0.05, 0.1) is 13.2 Å². The summed E-state index contributed by atoms with van der Waals surface area (Å²) < 4.78 is 11.1. The normalized spacial score (nSPS) is 34.8. The third-order valence-electron chi connectivity index (χ3n) is 3.06. The van der Waals surface area contributed by atoms with Crippen LogP contribution in [0.1, 0.15) is 46.5 Å². The Hall–Kier alpha value is -0.0800. The van der Waals surface area contributed by atoms with Crippen LogP contribution in [-0.4, -0.2) is 19.5 Å². The lowest BCUT2D eigenvalue weighted by atomic mass is 9.81. The summed E-state index contributed by atoms with van der Waals surface area (Å²) in [6.45, 7) is 8.20. The molecule has 78 valence electrons. The lowest BCUT2D eigenvalue weighted by Crippen LogP contribution is -2.40. The molecule has 0 aromatic heterocycles. The molecule has 1 aliphatic rings. The van der Waals surface area contributed by atoms with Gasteiger partial charge in [-0.2, -0.15) is 0 Å². The Morgan fingerprint density at radius 2 is 1.85 bits per heavy atom. The summed E-state index contributed by atoms with van der Waals surface area (Å²) in [5.41, 5.74) is 0.308. The molecule has 0 aliphatic carbocycles. The van der Waals surface area contributed by atoms with Gasteiger partial charge in [0.2, 0.25) is 0 Å². The van der Waals surface area contributed by atoms with Crippen LogP contribution in [0.4, 0.5) is 0 Å². The van der Waals surface area contributed by atoms with Crippen molar-refractivity contribution < 1.29 is 9.47 Å². The van der Waals surface area contributed by atoms with Crippen LogP contribution in [0.5, 0.6) is 0 Å². The van der Waals surface area contributed by atoms with Crippen LogP contribution in [0.2, 0.25) is 0 Å². The van der Waals surface area contributed by atoms with E-state index >= 15 is 0 Å². The van der Waals surface area contributed by atoms with Crippen LogP contribution in [0, 0.1) is 5.41 Å². The van der Waals surface area contributed by atoms with E-state index in [1.54, 1.807) is 0 Å². The van der Waals surface area contributed by atoms with Crippen molar-refractivity contribution in [3.63, 3.8) is 0 Å². The Labute approximate surface area is 81.6 Å². The molecule has 13 heavy (non-hydrogen) atoms. The van der Waals surface area contributed by atoms with E-state index in [0.717, 1.165) is 13.2 Å². The van der Waals surface area contributed by atoms with Crippen LogP contribution in [0.3, 0.4) is 0 Å². The zero-order chi connectivity index (χ0) is 9.73. The molecule has 1 rings (SSSR count). The number of hydrogen-bond acceptors (Lipinski definition) is 2. The highest BCUT2D eigenvalue weighted by molar-refractivity contribution is 4.79. The zero-order valence-corrected chi connectivity index (χ0v) is 9.14. The molecule has 0 aromatic rings. The molecule has 1 heterocycles. The average molecular weight is 186 g/mol. The average Bonchev–Trinajstić information content (AvgIpc) is 2.18. The molecule has 0 saturated carbocycles. The topological polar surface area (TPSA) is 18.5 Å². The molecule has 0 atom stereocenters. The van der Waals surface area contributed by atoms with Crippen LogP contribution in [-0.2, 0) is 9.47 Å². The number of unbranched alkanes of at least 4 members (excludes halogenated alkanes) is 1. The molecular weight excluding hydrogens is 164 g/mol. The summed E-state index contributed by atoms with van der Waals surface area (Å²) in [5, 5.41) is 0. The van der Waals surface area contributed by atoms with E-state index in [9.17, 15) is 0 Å². The van der Waals surface area contributed by atoms with Gasteiger partial charge in [0.1, 0.15) is 0 Å². The fourth-order valence-electron chi connectivity index (χ4n) is 1.76. The molecule has 0 amide bonds. The van der Waals surface area contributed by atoms with Crippen LogP contribution in [0.15, 0.2) is 0 Å². The van der Waals surface area contributed by atoms with Gasteiger partial charge >= 0.3 is 0 Å². The van der Waals surface area contributed by atoms with E-state index in [0.29, 0.717) is 5.41 Å². The first-order valence-corrected chi connectivity index (χ1v) is 5.45. The SMILES string of the molecule is CCCCC1(CC)COC(C)OC1. The van der Waals surface area contributed by atoms with Gasteiger partial charge in [-0.25, -0.2) is 0 Å². The lowest BCUT2D eigenvalue weighted by molar-refractivity contribution is -0.223. The maximum Gasteiger partial charge on any atom is 0.154 e. The van der Waals surface area contributed by atoms with Crippen molar-refractivity contribution in [2.24, 2.45) is 5.41 Å². The minimum atomic E-state index is 0.00121. The highest BCUT2D eigenvalue weighted by Crippen LogP contribution is 2.33. The van der Waals surface area contributed by atoms with E-state index in [1.165, 1.54) is 25.7 Å². The van der Waals surface area contributed by atoms with E-state index < -0.39 is 0 Å². The molecule has 2 heteroatoms. The highest BCUT2D eigenvalue weighted by atomic mass is 16.7. The van der Waals surface area contributed by atoms with Gasteiger partial charge in [-0.05, 0) is 19.8 Å². The molecule has 1 aliphatic heterocycles. The van der Waals surface area contributed by atoms with Gasteiger partial charge < -0.3 is 9.47 Å². The molecule has 0 unspecified atom stereocenters. The Kier molecular flexibility index (Phi) is 4.20. The predicted octanol–water partition coefficient (Wildman–Crippen LogP) is 2.97. The predicted molar refractivity (Wildman–Crippen MR) is 53.6 cm³/mol. The fourth-order valence-corrected chi connectivity index (χ4v) is 1.76. The lowest BCUT2D eigenvalue weighted by Gasteiger charge is -2.38. The van der Waals surface area contributed by atoms with E-state index in [1.807, 2.05) is 6.92 Å². The molecule has 0 N–H and O–H groups in total. The Bertz CT molecular complexity index is 132. The Morgan fingerprint density at radius 1 is 1.23 bits per heavy atom. The summed E-state index contributed by atoms with van der Waals surface area (Å²) >= 11 is 0. The Morgan fingerprint density at radius 3 is 2.31 bits per heavy atom. The second-order valence-corrected chi connectivity index (χ2v) is 4.15.